The van der Waals surface area contributed by atoms with Crippen LogP contribution in [0.4, 0.5) is 5.95 Å². The van der Waals surface area contributed by atoms with Crippen molar-refractivity contribution in [2.24, 2.45) is 5.41 Å². The van der Waals surface area contributed by atoms with Crippen LogP contribution in [-0.2, 0) is 4.79 Å². The molecule has 5 rings (SSSR count). The number of H-pyrrole nitrogens is 1. The van der Waals surface area contributed by atoms with Gasteiger partial charge in [-0.15, -0.1) is 0 Å². The first kappa shape index (κ1) is 19.3. The molecule has 4 aromatic heterocycles. The van der Waals surface area contributed by atoms with E-state index < -0.39 is 0 Å². The van der Waals surface area contributed by atoms with Crippen molar-refractivity contribution in [3.63, 3.8) is 0 Å². The Morgan fingerprint density at radius 2 is 2.16 bits per heavy atom. The Kier molecular flexibility index (Phi) is 4.31. The summed E-state index contributed by atoms with van der Waals surface area (Å²) in [5.74, 6) is 1.12. The molecule has 0 bridgehead atoms. The van der Waals surface area contributed by atoms with E-state index in [2.05, 4.69) is 30.4 Å². The van der Waals surface area contributed by atoms with Gasteiger partial charge in [0.05, 0.1) is 17.9 Å². The van der Waals surface area contributed by atoms with Crippen LogP contribution >= 0.6 is 0 Å². The number of hydrogen-bond donors (Lipinski definition) is 2. The van der Waals surface area contributed by atoms with Crippen molar-refractivity contribution < 1.29 is 9.53 Å². The predicted molar refractivity (Wildman–Crippen MR) is 116 cm³/mol. The Hall–Kier alpha value is -3.69. The molecule has 4 aromatic rings. The molecule has 160 valence electrons. The Balaban J connectivity index is 1.43. The van der Waals surface area contributed by atoms with Crippen molar-refractivity contribution in [3.8, 4) is 17.0 Å². The molecule has 1 aliphatic rings. The third-order valence-corrected chi connectivity index (χ3v) is 5.93. The number of rotatable bonds is 5. The van der Waals surface area contributed by atoms with E-state index in [1.165, 1.54) is 6.33 Å². The lowest BCUT2D eigenvalue weighted by atomic mass is 9.66. The fraction of sp³-hybridized carbons (Fsp3) is 0.381. The number of nitrogens with one attached hydrogen (secondary N) is 2. The average molecular weight is 420 g/mol. The molecule has 0 aliphatic heterocycles. The van der Waals surface area contributed by atoms with Gasteiger partial charge in [0.1, 0.15) is 12.0 Å². The second kappa shape index (κ2) is 6.93. The van der Waals surface area contributed by atoms with Gasteiger partial charge < -0.3 is 19.9 Å². The SMILES string of the molecule is COc1nc(N[C@H]2C[C@](C)(C(=O)N(C)C)C2)nc2[nH]cc(-c3ccn4ncnc4c3)c12. The molecule has 10 nitrogen and oxygen atoms in total. The minimum Gasteiger partial charge on any atom is -0.480 e. The Labute approximate surface area is 178 Å². The van der Waals surface area contributed by atoms with Crippen molar-refractivity contribution >= 4 is 28.5 Å². The minimum absolute atomic E-state index is 0.140. The first-order chi connectivity index (χ1) is 14.9. The van der Waals surface area contributed by atoms with E-state index in [-0.39, 0.29) is 17.4 Å². The monoisotopic (exact) mass is 420 g/mol. The summed E-state index contributed by atoms with van der Waals surface area (Å²) in [4.78, 5) is 30.7. The van der Waals surface area contributed by atoms with Gasteiger partial charge in [0.2, 0.25) is 17.7 Å². The maximum absolute atomic E-state index is 12.4. The summed E-state index contributed by atoms with van der Waals surface area (Å²) in [6.07, 6.45) is 6.75. The molecule has 1 aliphatic carbocycles. The molecule has 4 heterocycles. The van der Waals surface area contributed by atoms with Crippen LogP contribution in [0.5, 0.6) is 5.88 Å². The summed E-state index contributed by atoms with van der Waals surface area (Å²) in [5.41, 5.74) is 2.99. The molecular formula is C21H24N8O2. The maximum Gasteiger partial charge on any atom is 0.228 e. The van der Waals surface area contributed by atoms with Crippen LogP contribution in [0.2, 0.25) is 0 Å². The number of fused-ring (bicyclic) bond motifs is 2. The van der Waals surface area contributed by atoms with Gasteiger partial charge in [-0.2, -0.15) is 15.1 Å². The molecule has 1 saturated carbocycles. The minimum atomic E-state index is -0.338. The number of methoxy groups -OCH3 is 1. The van der Waals surface area contributed by atoms with Crippen molar-refractivity contribution in [2.45, 2.75) is 25.8 Å². The number of pyridine rings is 1. The largest absolute Gasteiger partial charge is 0.480 e. The van der Waals surface area contributed by atoms with Crippen LogP contribution in [0.15, 0.2) is 30.9 Å². The molecule has 0 spiro atoms. The molecular weight excluding hydrogens is 396 g/mol. The van der Waals surface area contributed by atoms with E-state index in [4.69, 9.17) is 4.74 Å². The van der Waals surface area contributed by atoms with Crippen LogP contribution in [0, 0.1) is 5.41 Å². The van der Waals surface area contributed by atoms with Gasteiger partial charge in [-0.05, 0) is 30.5 Å². The van der Waals surface area contributed by atoms with Crippen LogP contribution in [0.25, 0.3) is 27.8 Å². The van der Waals surface area contributed by atoms with Gasteiger partial charge >= 0.3 is 0 Å². The molecule has 0 atom stereocenters. The number of anilines is 1. The van der Waals surface area contributed by atoms with Crippen LogP contribution in [-0.4, -0.2) is 67.6 Å². The Bertz CT molecular complexity index is 1290. The standard InChI is InChI=1S/C21H24N8O2/c1-21(19(30)28(2)3)8-13(9-21)25-20-26-17-16(18(27-20)31-4)14(10-22-17)12-5-6-29-15(7-12)23-11-24-29/h5-7,10-11,13H,8-9H2,1-4H3,(H2,22,25,26,27)/t13-,21-. The van der Waals surface area contributed by atoms with E-state index in [1.54, 1.807) is 30.6 Å². The second-order valence-electron chi connectivity index (χ2n) is 8.47. The van der Waals surface area contributed by atoms with Gasteiger partial charge in [-0.3, -0.25) is 4.79 Å². The molecule has 0 unspecified atom stereocenters. The normalized spacial score (nSPS) is 20.6. The van der Waals surface area contributed by atoms with Crippen molar-refractivity contribution in [3.05, 3.63) is 30.9 Å². The summed E-state index contributed by atoms with van der Waals surface area (Å²) >= 11 is 0. The van der Waals surface area contributed by atoms with Crippen molar-refractivity contribution in [2.75, 3.05) is 26.5 Å². The van der Waals surface area contributed by atoms with Crippen molar-refractivity contribution in [1.82, 2.24) is 34.4 Å². The first-order valence-electron chi connectivity index (χ1n) is 10.1. The molecule has 0 radical (unpaired) electrons. The van der Waals surface area contributed by atoms with Gasteiger partial charge in [-0.25, -0.2) is 9.50 Å². The lowest BCUT2D eigenvalue weighted by molar-refractivity contribution is -0.143. The van der Waals surface area contributed by atoms with E-state index in [0.29, 0.717) is 17.5 Å². The van der Waals surface area contributed by atoms with E-state index >= 15 is 0 Å². The lowest BCUT2D eigenvalue weighted by Crippen LogP contribution is -2.52. The summed E-state index contributed by atoms with van der Waals surface area (Å²) in [5, 5.41) is 8.29. The molecule has 0 aromatic carbocycles. The van der Waals surface area contributed by atoms with Gasteiger partial charge in [0.25, 0.3) is 0 Å². The zero-order valence-corrected chi connectivity index (χ0v) is 17.9. The molecule has 10 heteroatoms. The van der Waals surface area contributed by atoms with Crippen LogP contribution < -0.4 is 10.1 Å². The average Bonchev–Trinajstić information content (AvgIpc) is 3.37. The summed E-state index contributed by atoms with van der Waals surface area (Å²) in [6, 6.07) is 4.06. The highest BCUT2D eigenvalue weighted by atomic mass is 16.5. The summed E-state index contributed by atoms with van der Waals surface area (Å²) < 4.78 is 7.31. The predicted octanol–water partition coefficient (Wildman–Crippen LogP) is 2.34. The topological polar surface area (TPSA) is 113 Å². The summed E-state index contributed by atoms with van der Waals surface area (Å²) in [6.45, 7) is 2.00. The number of hydrogen-bond acceptors (Lipinski definition) is 7. The molecule has 1 fully saturated rings. The van der Waals surface area contributed by atoms with E-state index in [0.717, 1.165) is 35.0 Å². The third kappa shape index (κ3) is 3.15. The zero-order valence-electron chi connectivity index (χ0n) is 17.9. The highest BCUT2D eigenvalue weighted by Crippen LogP contribution is 2.43. The fourth-order valence-electron chi connectivity index (χ4n) is 4.45. The van der Waals surface area contributed by atoms with E-state index in [1.807, 2.05) is 31.5 Å². The second-order valence-corrected chi connectivity index (χ2v) is 8.47. The molecule has 2 N–H and O–H groups in total. The Morgan fingerprint density at radius 3 is 2.90 bits per heavy atom. The number of aromatic nitrogens is 6. The Morgan fingerprint density at radius 1 is 1.35 bits per heavy atom. The number of ether oxygens (including phenoxy) is 1. The highest BCUT2D eigenvalue weighted by molar-refractivity contribution is 5.98. The summed E-state index contributed by atoms with van der Waals surface area (Å²) in [7, 11) is 5.18. The number of amides is 1. The molecule has 1 amide bonds. The molecule has 0 saturated heterocycles. The number of aromatic amines is 1. The third-order valence-electron chi connectivity index (χ3n) is 5.93. The van der Waals surface area contributed by atoms with Gasteiger partial charge in [0, 0.05) is 38.1 Å². The van der Waals surface area contributed by atoms with Gasteiger partial charge in [-0.1, -0.05) is 6.92 Å². The van der Waals surface area contributed by atoms with Crippen LogP contribution in [0.1, 0.15) is 19.8 Å². The number of carbonyl (C=O) groups is 1. The lowest BCUT2D eigenvalue weighted by Gasteiger charge is -2.45. The quantitative estimate of drug-likeness (QED) is 0.509. The smallest absolute Gasteiger partial charge is 0.228 e. The molecule has 31 heavy (non-hydrogen) atoms. The maximum atomic E-state index is 12.4. The number of nitrogens with zero attached hydrogens (tertiary/aromatic N) is 6. The fourth-order valence-corrected chi connectivity index (χ4v) is 4.45. The first-order valence-corrected chi connectivity index (χ1v) is 10.1. The van der Waals surface area contributed by atoms with E-state index in [9.17, 15) is 4.79 Å². The number of carbonyl (C=O) groups excluding carboxylic acids is 1. The van der Waals surface area contributed by atoms with Crippen LogP contribution in [0.3, 0.4) is 0 Å². The van der Waals surface area contributed by atoms with Crippen molar-refractivity contribution in [1.29, 1.82) is 0 Å². The highest BCUT2D eigenvalue weighted by Gasteiger charge is 2.47. The van der Waals surface area contributed by atoms with Gasteiger partial charge in [0.15, 0.2) is 5.65 Å². The zero-order chi connectivity index (χ0) is 21.8.